The molecule has 0 unspecified atom stereocenters. The lowest BCUT2D eigenvalue weighted by atomic mass is 9.95. The average Bonchev–Trinajstić information content (AvgIpc) is 2.33. The fraction of sp³-hybridized carbons (Fsp3) is 0.636. The highest BCUT2D eigenvalue weighted by atomic mass is 79.9. The third-order valence-electron chi connectivity index (χ3n) is 3.29. The monoisotopic (exact) mass is 367 g/mol. The van der Waals surface area contributed by atoms with Crippen molar-refractivity contribution in [2.24, 2.45) is 0 Å². The molecule has 0 bridgehead atoms. The van der Waals surface area contributed by atoms with E-state index < -0.39 is 9.84 Å². The molecule has 2 atom stereocenters. The molecule has 0 aromatic carbocycles. The van der Waals surface area contributed by atoms with Crippen molar-refractivity contribution in [3.8, 4) is 0 Å². The van der Waals surface area contributed by atoms with Crippen molar-refractivity contribution in [1.82, 2.24) is 9.97 Å². The van der Waals surface area contributed by atoms with Gasteiger partial charge in [0.05, 0.1) is 9.72 Å². The molecular weight excluding hydrogens is 354 g/mol. The van der Waals surface area contributed by atoms with Gasteiger partial charge in [0.25, 0.3) is 0 Å². The van der Waals surface area contributed by atoms with Gasteiger partial charge in [-0.2, -0.15) is 4.98 Å². The summed E-state index contributed by atoms with van der Waals surface area (Å²) in [4.78, 5) is 7.96. The Hall–Kier alpha value is -0.400. The molecule has 1 aromatic rings. The van der Waals surface area contributed by atoms with E-state index in [2.05, 4.69) is 31.2 Å². The van der Waals surface area contributed by atoms with Crippen LogP contribution in [-0.2, 0) is 9.84 Å². The highest BCUT2D eigenvalue weighted by Crippen LogP contribution is 2.28. The maximum Gasteiger partial charge on any atom is 0.224 e. The first-order chi connectivity index (χ1) is 8.86. The molecule has 19 heavy (non-hydrogen) atoms. The first kappa shape index (κ1) is 15.0. The van der Waals surface area contributed by atoms with Crippen LogP contribution in [-0.4, -0.2) is 35.9 Å². The number of rotatable bonds is 3. The van der Waals surface area contributed by atoms with Crippen LogP contribution in [0.4, 0.5) is 5.82 Å². The van der Waals surface area contributed by atoms with Gasteiger partial charge in [-0.25, -0.2) is 13.4 Å². The smallest absolute Gasteiger partial charge is 0.224 e. The van der Waals surface area contributed by atoms with Gasteiger partial charge in [-0.05, 0) is 46.8 Å². The maximum atomic E-state index is 11.6. The molecular formula is C11H15BrClN3O2S. The van der Waals surface area contributed by atoms with E-state index in [-0.39, 0.29) is 16.6 Å². The second-order valence-corrected chi connectivity index (χ2v) is 8.31. The Bertz CT molecular complexity index is 567. The molecule has 0 aliphatic heterocycles. The Morgan fingerprint density at radius 1 is 1.47 bits per heavy atom. The van der Waals surface area contributed by atoms with Crippen molar-refractivity contribution in [3.05, 3.63) is 16.0 Å². The first-order valence-electron chi connectivity index (χ1n) is 5.99. The predicted molar refractivity (Wildman–Crippen MR) is 79.3 cm³/mol. The molecule has 0 radical (unpaired) electrons. The third-order valence-corrected chi connectivity index (χ3v) is 5.69. The van der Waals surface area contributed by atoms with Gasteiger partial charge in [0.2, 0.25) is 5.28 Å². The van der Waals surface area contributed by atoms with Crippen LogP contribution in [0, 0.1) is 0 Å². The summed E-state index contributed by atoms with van der Waals surface area (Å²) in [7, 11) is -2.98. The molecule has 5 nitrogen and oxygen atoms in total. The van der Waals surface area contributed by atoms with E-state index >= 15 is 0 Å². The zero-order valence-electron chi connectivity index (χ0n) is 10.4. The number of nitrogens with zero attached hydrogens (tertiary/aromatic N) is 2. The van der Waals surface area contributed by atoms with Crippen molar-refractivity contribution in [2.75, 3.05) is 11.6 Å². The third kappa shape index (κ3) is 4.03. The lowest BCUT2D eigenvalue weighted by molar-refractivity contribution is 0.452. The van der Waals surface area contributed by atoms with E-state index in [0.29, 0.717) is 12.2 Å². The summed E-state index contributed by atoms with van der Waals surface area (Å²) >= 11 is 9.10. The van der Waals surface area contributed by atoms with Gasteiger partial charge >= 0.3 is 0 Å². The molecule has 1 saturated carbocycles. The van der Waals surface area contributed by atoms with E-state index in [4.69, 9.17) is 11.6 Å². The summed E-state index contributed by atoms with van der Waals surface area (Å²) < 4.78 is 24.0. The normalized spacial score (nSPS) is 24.2. The Kier molecular flexibility index (Phi) is 4.68. The van der Waals surface area contributed by atoms with Gasteiger partial charge in [-0.3, -0.25) is 0 Å². The zero-order chi connectivity index (χ0) is 14.0. The van der Waals surface area contributed by atoms with Crippen LogP contribution >= 0.6 is 27.5 Å². The number of halogens is 2. The van der Waals surface area contributed by atoms with Crippen molar-refractivity contribution < 1.29 is 8.42 Å². The minimum Gasteiger partial charge on any atom is -0.366 e. The van der Waals surface area contributed by atoms with Crippen LogP contribution in [0.3, 0.4) is 0 Å². The molecule has 1 aromatic heterocycles. The van der Waals surface area contributed by atoms with Crippen molar-refractivity contribution in [2.45, 2.75) is 37.0 Å². The van der Waals surface area contributed by atoms with Gasteiger partial charge in [0.15, 0.2) is 0 Å². The summed E-state index contributed by atoms with van der Waals surface area (Å²) in [5.41, 5.74) is 0. The average molecular weight is 369 g/mol. The molecule has 106 valence electrons. The van der Waals surface area contributed by atoms with Crippen molar-refractivity contribution in [1.29, 1.82) is 0 Å². The summed E-state index contributed by atoms with van der Waals surface area (Å²) in [6.07, 6.45) is 6.05. The van der Waals surface area contributed by atoms with Crippen LogP contribution in [0.2, 0.25) is 5.28 Å². The second kappa shape index (κ2) is 5.93. The summed E-state index contributed by atoms with van der Waals surface area (Å²) in [6.45, 7) is 0. The minimum absolute atomic E-state index is 0.0933. The Morgan fingerprint density at radius 3 is 2.89 bits per heavy atom. The molecule has 8 heteroatoms. The number of hydrogen-bond acceptors (Lipinski definition) is 5. The van der Waals surface area contributed by atoms with Gasteiger partial charge < -0.3 is 5.32 Å². The Balaban J connectivity index is 2.09. The van der Waals surface area contributed by atoms with Gasteiger partial charge in [0, 0.05) is 18.5 Å². The summed E-state index contributed by atoms with van der Waals surface area (Å²) in [5.74, 6) is 0.610. The SMILES string of the molecule is CS(=O)(=O)[C@H]1CCC[C@H](Nc2nc(Cl)ncc2Br)C1. The predicted octanol–water partition coefficient (Wildman–Crippen LogP) is 2.66. The highest BCUT2D eigenvalue weighted by Gasteiger charge is 2.29. The molecule has 0 saturated heterocycles. The Labute approximate surface area is 126 Å². The Morgan fingerprint density at radius 2 is 2.21 bits per heavy atom. The molecule has 1 fully saturated rings. The maximum absolute atomic E-state index is 11.6. The number of nitrogens with one attached hydrogen (secondary N) is 1. The van der Waals surface area contributed by atoms with E-state index in [1.807, 2.05) is 0 Å². The van der Waals surface area contributed by atoms with Crippen LogP contribution in [0.5, 0.6) is 0 Å². The lowest BCUT2D eigenvalue weighted by Gasteiger charge is -2.29. The molecule has 0 spiro atoms. The minimum atomic E-state index is -2.98. The van der Waals surface area contributed by atoms with E-state index in [9.17, 15) is 8.42 Å². The van der Waals surface area contributed by atoms with E-state index in [1.165, 1.54) is 6.26 Å². The fourth-order valence-corrected chi connectivity index (χ4v) is 3.92. The quantitative estimate of drug-likeness (QED) is 0.830. The highest BCUT2D eigenvalue weighted by molar-refractivity contribution is 9.10. The molecule has 0 amide bonds. The summed E-state index contributed by atoms with van der Waals surface area (Å²) in [5, 5.41) is 3.14. The molecule has 1 aliphatic rings. The molecule has 1 heterocycles. The van der Waals surface area contributed by atoms with Crippen LogP contribution in [0.15, 0.2) is 10.7 Å². The number of anilines is 1. The number of sulfone groups is 1. The first-order valence-corrected chi connectivity index (χ1v) is 9.12. The van der Waals surface area contributed by atoms with Gasteiger partial charge in [-0.15, -0.1) is 0 Å². The summed E-state index contributed by atoms with van der Waals surface area (Å²) in [6, 6.07) is 0.0933. The van der Waals surface area contributed by atoms with Crippen LogP contribution < -0.4 is 5.32 Å². The molecule has 1 N–H and O–H groups in total. The van der Waals surface area contributed by atoms with Crippen LogP contribution in [0.1, 0.15) is 25.7 Å². The van der Waals surface area contributed by atoms with Crippen molar-refractivity contribution in [3.63, 3.8) is 0 Å². The van der Waals surface area contributed by atoms with Crippen LogP contribution in [0.25, 0.3) is 0 Å². The van der Waals surface area contributed by atoms with E-state index in [1.54, 1.807) is 6.20 Å². The number of hydrogen-bond donors (Lipinski definition) is 1. The zero-order valence-corrected chi connectivity index (χ0v) is 13.6. The van der Waals surface area contributed by atoms with Gasteiger partial charge in [-0.1, -0.05) is 6.42 Å². The molecule has 2 rings (SSSR count). The largest absolute Gasteiger partial charge is 0.366 e. The second-order valence-electron chi connectivity index (χ2n) is 4.79. The fourth-order valence-electron chi connectivity index (χ4n) is 2.31. The van der Waals surface area contributed by atoms with E-state index in [0.717, 1.165) is 23.7 Å². The standard InChI is InChI=1S/C11H15BrClN3O2S/c1-19(17,18)8-4-2-3-7(5-8)15-10-9(12)6-14-11(13)16-10/h6-8H,2-5H2,1H3,(H,14,15,16)/t7-,8-/m0/s1. The van der Waals surface area contributed by atoms with Crippen molar-refractivity contribution >= 4 is 43.2 Å². The molecule has 1 aliphatic carbocycles. The topological polar surface area (TPSA) is 72.0 Å². The number of aromatic nitrogens is 2. The van der Waals surface area contributed by atoms with Gasteiger partial charge in [0.1, 0.15) is 15.7 Å². The lowest BCUT2D eigenvalue weighted by Crippen LogP contribution is -2.34.